The average molecular weight is 529 g/mol. The quantitative estimate of drug-likeness (QED) is 0.373. The lowest BCUT2D eigenvalue weighted by Crippen LogP contribution is -2.45. The van der Waals surface area contributed by atoms with Crippen LogP contribution in [0.2, 0.25) is 0 Å². The lowest BCUT2D eigenvalue weighted by Gasteiger charge is -2.29. The Hall–Kier alpha value is -3.24. The minimum atomic E-state index is -0.926. The number of hydrogen-bond acceptors (Lipinski definition) is 7. The van der Waals surface area contributed by atoms with Gasteiger partial charge in [-0.3, -0.25) is 14.5 Å². The third-order valence-electron chi connectivity index (χ3n) is 7.60. The predicted octanol–water partition coefficient (Wildman–Crippen LogP) is 1.85. The van der Waals surface area contributed by atoms with Crippen LogP contribution < -0.4 is 9.47 Å². The molecule has 2 N–H and O–H groups in total. The van der Waals surface area contributed by atoms with Crippen LogP contribution >= 0.6 is 0 Å². The van der Waals surface area contributed by atoms with E-state index in [-0.39, 0.29) is 37.7 Å². The fourth-order valence-electron chi connectivity index (χ4n) is 5.58. The molecule has 0 aliphatic carbocycles. The Kier molecular flexibility index (Phi) is 9.52. The van der Waals surface area contributed by atoms with Gasteiger partial charge in [-0.2, -0.15) is 4.58 Å². The van der Waals surface area contributed by atoms with E-state index in [1.807, 2.05) is 23.1 Å². The Labute approximate surface area is 223 Å². The van der Waals surface area contributed by atoms with Crippen molar-refractivity contribution in [3.8, 4) is 11.5 Å². The topological polar surface area (TPSA) is 120 Å². The van der Waals surface area contributed by atoms with Crippen molar-refractivity contribution < 1.29 is 38.6 Å². The first-order valence-electron chi connectivity index (χ1n) is 13.5. The molecule has 3 atom stereocenters. The number of nitrogens with zero attached hydrogens (tertiary/aromatic N) is 3. The minimum absolute atomic E-state index is 0.00430. The largest absolute Gasteiger partial charge is 0.481 e. The number of benzene rings is 1. The molecule has 2 amide bonds. The summed E-state index contributed by atoms with van der Waals surface area (Å²) in [6.07, 6.45) is 8.39. The Morgan fingerprint density at radius 1 is 1.18 bits per heavy atom. The summed E-state index contributed by atoms with van der Waals surface area (Å²) in [5.41, 5.74) is 0.827. The van der Waals surface area contributed by atoms with E-state index in [0.717, 1.165) is 18.4 Å². The molecule has 0 unspecified atom stereocenters. The highest BCUT2D eigenvalue weighted by Crippen LogP contribution is 2.42. The normalized spacial score (nSPS) is 22.5. The smallest absolute Gasteiger partial charge is 0.390 e. The molecule has 10 heteroatoms. The number of likely N-dealkylation sites (tertiary alicyclic amines) is 1. The minimum Gasteiger partial charge on any atom is -0.481 e. The fraction of sp³-hybridized carbons (Fsp3) is 0.571. The van der Waals surface area contributed by atoms with Crippen LogP contribution in [0.4, 0.5) is 0 Å². The van der Waals surface area contributed by atoms with Crippen LogP contribution in [-0.2, 0) is 14.4 Å². The zero-order valence-electron chi connectivity index (χ0n) is 22.0. The number of fused-ring (bicyclic) bond motifs is 1. The zero-order valence-corrected chi connectivity index (χ0v) is 22.0. The van der Waals surface area contributed by atoms with Gasteiger partial charge >= 0.3 is 11.9 Å². The first-order chi connectivity index (χ1) is 18.4. The molecule has 0 saturated carbocycles. The lowest BCUT2D eigenvalue weighted by molar-refractivity contribution is -0.446. The summed E-state index contributed by atoms with van der Waals surface area (Å²) < 4.78 is 12.6. The van der Waals surface area contributed by atoms with E-state index in [2.05, 4.69) is 6.92 Å². The molecule has 1 fully saturated rings. The van der Waals surface area contributed by atoms with Gasteiger partial charge in [0.2, 0.25) is 12.7 Å². The van der Waals surface area contributed by atoms with E-state index in [1.54, 1.807) is 27.8 Å². The molecule has 0 spiro atoms. The van der Waals surface area contributed by atoms with Crippen molar-refractivity contribution in [2.24, 2.45) is 5.92 Å². The molecule has 38 heavy (non-hydrogen) atoms. The van der Waals surface area contributed by atoms with Crippen molar-refractivity contribution in [1.82, 2.24) is 9.80 Å². The molecule has 10 nitrogen and oxygen atoms in total. The van der Waals surface area contributed by atoms with Gasteiger partial charge in [0.05, 0.1) is 18.9 Å². The zero-order chi connectivity index (χ0) is 27.1. The maximum atomic E-state index is 13.4. The summed E-state index contributed by atoms with van der Waals surface area (Å²) in [6, 6.07) is 5.07. The lowest BCUT2D eigenvalue weighted by atomic mass is 9.84. The van der Waals surface area contributed by atoms with Crippen molar-refractivity contribution in [2.45, 2.75) is 51.0 Å². The van der Waals surface area contributed by atoms with E-state index in [1.165, 1.54) is 0 Å². The van der Waals surface area contributed by atoms with Gasteiger partial charge in [0.15, 0.2) is 24.3 Å². The molecule has 1 saturated heterocycles. The standard InChI is InChI=1S/C28H37N3O7/c1-2-3-11-29(13-6-15-32)26(34)18-31-17-21(20-8-9-23-24(16-20)38-19-37-23)27(28(35)36)22(31)10-14-30-12-5-4-7-25(30)33/h4-5,8-9,12,16,21-22,27,32H,2-3,6-7,10-11,13-15,17-19H2,1H3/p+1/t21-,22+,27-/m1/s1. The van der Waals surface area contributed by atoms with Crippen molar-refractivity contribution in [2.75, 3.05) is 46.1 Å². The summed E-state index contributed by atoms with van der Waals surface area (Å²) in [6.45, 7) is 4.12. The Morgan fingerprint density at radius 2 is 1.97 bits per heavy atom. The number of allylic oxidation sites excluding steroid dienone is 1. The number of carbonyl (C=O) groups excluding carboxylic acids is 2. The molecule has 1 aromatic rings. The van der Waals surface area contributed by atoms with Gasteiger partial charge in [-0.1, -0.05) is 25.5 Å². The summed E-state index contributed by atoms with van der Waals surface area (Å²) in [5, 5.41) is 19.7. The summed E-state index contributed by atoms with van der Waals surface area (Å²) in [4.78, 5) is 42.2. The van der Waals surface area contributed by atoms with Crippen molar-refractivity contribution >= 4 is 24.0 Å². The van der Waals surface area contributed by atoms with Gasteiger partial charge in [0.25, 0.3) is 0 Å². The molecule has 0 radical (unpaired) electrons. The number of aliphatic hydroxyl groups is 1. The molecule has 3 aliphatic rings. The third kappa shape index (κ3) is 6.42. The Balaban J connectivity index is 1.59. The van der Waals surface area contributed by atoms with E-state index >= 15 is 0 Å². The molecule has 3 aliphatic heterocycles. The molecule has 0 aromatic heterocycles. The number of carbonyl (C=O) groups is 3. The second kappa shape index (κ2) is 13.0. The van der Waals surface area contributed by atoms with E-state index in [4.69, 9.17) is 9.47 Å². The van der Waals surface area contributed by atoms with E-state index < -0.39 is 17.9 Å². The van der Waals surface area contributed by atoms with Gasteiger partial charge < -0.3 is 24.6 Å². The van der Waals surface area contributed by atoms with Gasteiger partial charge in [-0.15, -0.1) is 0 Å². The van der Waals surface area contributed by atoms with Crippen LogP contribution in [-0.4, -0.2) is 101 Å². The first-order valence-corrected chi connectivity index (χ1v) is 13.5. The van der Waals surface area contributed by atoms with Crippen LogP contribution in [0.5, 0.6) is 11.5 Å². The van der Waals surface area contributed by atoms with Gasteiger partial charge in [-0.25, -0.2) is 4.79 Å². The summed E-state index contributed by atoms with van der Waals surface area (Å²) >= 11 is 0. The molecule has 0 bridgehead atoms. The Bertz CT molecular complexity index is 1080. The van der Waals surface area contributed by atoms with Crippen molar-refractivity contribution in [3.63, 3.8) is 0 Å². The molecular weight excluding hydrogens is 490 g/mol. The number of carboxylic acids is 1. The van der Waals surface area contributed by atoms with Crippen LogP contribution in [0, 0.1) is 5.92 Å². The second-order valence-electron chi connectivity index (χ2n) is 10.0. The maximum Gasteiger partial charge on any atom is 0.390 e. The number of carboxylic acid groups (broad SMARTS) is 1. The number of ether oxygens (including phenoxy) is 2. The number of hydrogen-bond donors (Lipinski definition) is 2. The van der Waals surface area contributed by atoms with Gasteiger partial charge in [0, 0.05) is 44.6 Å². The average Bonchev–Trinajstić information content (AvgIpc) is 3.52. The van der Waals surface area contributed by atoms with E-state index in [0.29, 0.717) is 56.9 Å². The highest BCUT2D eigenvalue weighted by Gasteiger charge is 2.48. The monoisotopic (exact) mass is 528 g/mol. The number of rotatable bonds is 13. The van der Waals surface area contributed by atoms with Crippen LogP contribution in [0.15, 0.2) is 30.4 Å². The highest BCUT2D eigenvalue weighted by atomic mass is 16.7. The first kappa shape index (κ1) is 27.8. The molecule has 3 heterocycles. The highest BCUT2D eigenvalue weighted by molar-refractivity contribution is 5.81. The van der Waals surface area contributed by atoms with E-state index in [9.17, 15) is 24.6 Å². The van der Waals surface area contributed by atoms with Crippen LogP contribution in [0.1, 0.15) is 50.5 Å². The van der Waals surface area contributed by atoms with Gasteiger partial charge in [-0.05, 0) is 36.6 Å². The fourth-order valence-corrected chi connectivity index (χ4v) is 5.58. The SMILES string of the molecule is CCCCN(CCCO)C(=O)CN1C[C@H](c2ccc3c(c2)OCO3)[C@@H](C(=O)O)[C@@H]1CC[N+]1=CC=CCC1=O. The second-order valence-corrected chi connectivity index (χ2v) is 10.0. The third-order valence-corrected chi connectivity index (χ3v) is 7.60. The van der Waals surface area contributed by atoms with Crippen molar-refractivity contribution in [3.05, 3.63) is 35.9 Å². The number of aliphatic hydroxyl groups excluding tert-OH is 1. The number of amides is 2. The predicted molar refractivity (Wildman–Crippen MR) is 140 cm³/mol. The van der Waals surface area contributed by atoms with Crippen LogP contribution in [0.25, 0.3) is 0 Å². The molecule has 4 rings (SSSR count). The Morgan fingerprint density at radius 3 is 2.71 bits per heavy atom. The maximum absolute atomic E-state index is 13.4. The number of aliphatic carboxylic acids is 1. The molecule has 1 aromatic carbocycles. The number of unbranched alkanes of at least 4 members (excludes halogenated alkanes) is 1. The van der Waals surface area contributed by atoms with Gasteiger partial charge in [0.1, 0.15) is 0 Å². The summed E-state index contributed by atoms with van der Waals surface area (Å²) in [7, 11) is 0. The van der Waals surface area contributed by atoms with Crippen LogP contribution in [0.3, 0.4) is 0 Å². The molecule has 206 valence electrons. The van der Waals surface area contributed by atoms with Crippen molar-refractivity contribution in [1.29, 1.82) is 0 Å². The summed E-state index contributed by atoms with van der Waals surface area (Å²) in [5.74, 6) is -0.928. The molecular formula is C28H38N3O7+.